The van der Waals surface area contributed by atoms with Crippen molar-refractivity contribution in [3.63, 3.8) is 0 Å². The number of carbonyl (C=O) groups is 1. The number of hydrogen-bond acceptors (Lipinski definition) is 4. The maximum Gasteiger partial charge on any atom is 0.336 e. The van der Waals surface area contributed by atoms with E-state index >= 15 is 0 Å². The van der Waals surface area contributed by atoms with Gasteiger partial charge in [-0.25, -0.2) is 4.79 Å². The molecule has 1 N–H and O–H groups in total. The number of aromatic carboxylic acids is 1. The minimum atomic E-state index is -0.938. The Bertz CT molecular complexity index is 566. The second kappa shape index (κ2) is 4.58. The van der Waals surface area contributed by atoms with Crippen molar-refractivity contribution in [2.24, 2.45) is 7.05 Å². The van der Waals surface area contributed by atoms with Crippen LogP contribution in [0.5, 0.6) is 0 Å². The van der Waals surface area contributed by atoms with E-state index in [9.17, 15) is 4.79 Å². The van der Waals surface area contributed by atoms with Gasteiger partial charge in [-0.05, 0) is 30.8 Å². The Hall–Kier alpha value is -1.82. The van der Waals surface area contributed by atoms with Crippen LogP contribution < -0.4 is 0 Å². The highest BCUT2D eigenvalue weighted by atomic mass is 32.2. The Kier molecular flexibility index (Phi) is 3.14. The number of carboxylic acids is 1. The molecule has 0 radical (unpaired) electrons. The van der Waals surface area contributed by atoms with Crippen molar-refractivity contribution in [2.75, 3.05) is 0 Å². The number of benzene rings is 1. The van der Waals surface area contributed by atoms with E-state index < -0.39 is 5.97 Å². The maximum atomic E-state index is 11.0. The highest BCUT2D eigenvalue weighted by Gasteiger charge is 2.13. The van der Waals surface area contributed by atoms with E-state index in [0.29, 0.717) is 10.1 Å². The summed E-state index contributed by atoms with van der Waals surface area (Å²) in [4.78, 5) is 11.7. The molecule has 2 rings (SSSR count). The third-order valence-corrected chi connectivity index (χ3v) is 3.49. The molecule has 5 nitrogen and oxygen atoms in total. The van der Waals surface area contributed by atoms with Crippen molar-refractivity contribution >= 4 is 17.7 Å². The van der Waals surface area contributed by atoms with Crippen molar-refractivity contribution in [1.82, 2.24) is 14.8 Å². The van der Waals surface area contributed by atoms with Crippen molar-refractivity contribution in [1.29, 1.82) is 0 Å². The van der Waals surface area contributed by atoms with Crippen LogP contribution in [-0.2, 0) is 7.05 Å². The lowest BCUT2D eigenvalue weighted by molar-refractivity contribution is 0.0693. The van der Waals surface area contributed by atoms with Gasteiger partial charge in [-0.3, -0.25) is 0 Å². The van der Waals surface area contributed by atoms with E-state index in [1.807, 2.05) is 18.5 Å². The van der Waals surface area contributed by atoms with Gasteiger partial charge in [0.05, 0.1) is 5.56 Å². The predicted molar refractivity (Wildman–Crippen MR) is 63.3 cm³/mol. The molecule has 0 saturated heterocycles. The average molecular weight is 249 g/mol. The monoisotopic (exact) mass is 249 g/mol. The van der Waals surface area contributed by atoms with Crippen LogP contribution in [0, 0.1) is 6.92 Å². The number of hydrogen-bond donors (Lipinski definition) is 1. The molecule has 0 aliphatic heterocycles. The summed E-state index contributed by atoms with van der Waals surface area (Å²) in [5, 5.41) is 17.7. The van der Waals surface area contributed by atoms with Crippen molar-refractivity contribution in [2.45, 2.75) is 17.0 Å². The van der Waals surface area contributed by atoms with Crippen LogP contribution in [0.2, 0.25) is 0 Å². The van der Waals surface area contributed by atoms with Crippen LogP contribution in [0.3, 0.4) is 0 Å². The largest absolute Gasteiger partial charge is 0.478 e. The molecular formula is C11H11N3O2S. The molecular weight excluding hydrogens is 238 g/mol. The molecule has 0 saturated carbocycles. The molecule has 17 heavy (non-hydrogen) atoms. The normalized spacial score (nSPS) is 10.5. The number of aryl methyl sites for hydroxylation is 1. The van der Waals surface area contributed by atoms with Crippen molar-refractivity contribution < 1.29 is 9.90 Å². The zero-order valence-electron chi connectivity index (χ0n) is 9.41. The molecule has 0 unspecified atom stereocenters. The Labute approximate surface area is 102 Å². The second-order valence-electron chi connectivity index (χ2n) is 3.49. The number of rotatable bonds is 3. The molecule has 0 bridgehead atoms. The van der Waals surface area contributed by atoms with E-state index in [0.717, 1.165) is 5.82 Å². The zero-order chi connectivity index (χ0) is 12.4. The van der Waals surface area contributed by atoms with E-state index in [4.69, 9.17) is 5.11 Å². The molecule has 6 heteroatoms. The minimum absolute atomic E-state index is 0.276. The first-order chi connectivity index (χ1) is 8.09. The SMILES string of the molecule is Cc1nnc(Sc2ccccc2C(=O)O)n1C. The second-order valence-corrected chi connectivity index (χ2v) is 4.50. The van der Waals surface area contributed by atoms with E-state index in [2.05, 4.69) is 10.2 Å². The molecule has 0 amide bonds. The third-order valence-electron chi connectivity index (χ3n) is 2.37. The first-order valence-corrected chi connectivity index (χ1v) is 5.77. The fourth-order valence-corrected chi connectivity index (χ4v) is 2.27. The average Bonchev–Trinajstić information content (AvgIpc) is 2.61. The van der Waals surface area contributed by atoms with E-state index in [1.165, 1.54) is 11.8 Å². The Morgan fingerprint density at radius 3 is 2.65 bits per heavy atom. The summed E-state index contributed by atoms with van der Waals surface area (Å²) in [6.07, 6.45) is 0. The number of nitrogens with zero attached hydrogens (tertiary/aromatic N) is 3. The smallest absolute Gasteiger partial charge is 0.336 e. The molecule has 0 fully saturated rings. The first-order valence-electron chi connectivity index (χ1n) is 4.95. The third kappa shape index (κ3) is 2.31. The predicted octanol–water partition coefficient (Wildman–Crippen LogP) is 1.97. The molecule has 0 aliphatic rings. The Balaban J connectivity index is 2.36. The van der Waals surface area contributed by atoms with Crippen LogP contribution in [0.25, 0.3) is 0 Å². The lowest BCUT2D eigenvalue weighted by Gasteiger charge is -2.04. The lowest BCUT2D eigenvalue weighted by Crippen LogP contribution is -1.99. The Morgan fingerprint density at radius 2 is 2.06 bits per heavy atom. The number of aromatic nitrogens is 3. The quantitative estimate of drug-likeness (QED) is 0.900. The fraction of sp³-hybridized carbons (Fsp3) is 0.182. The van der Waals surface area contributed by atoms with Crippen LogP contribution in [0.1, 0.15) is 16.2 Å². The lowest BCUT2D eigenvalue weighted by atomic mass is 10.2. The van der Waals surface area contributed by atoms with Crippen LogP contribution in [0.4, 0.5) is 0 Å². The maximum absolute atomic E-state index is 11.0. The van der Waals surface area contributed by atoms with Crippen molar-refractivity contribution in [3.8, 4) is 0 Å². The number of carboxylic acid groups (broad SMARTS) is 1. The van der Waals surface area contributed by atoms with Gasteiger partial charge in [0, 0.05) is 11.9 Å². The molecule has 0 spiro atoms. The minimum Gasteiger partial charge on any atom is -0.478 e. The molecule has 1 aromatic carbocycles. The summed E-state index contributed by atoms with van der Waals surface area (Å²) in [7, 11) is 1.85. The summed E-state index contributed by atoms with van der Waals surface area (Å²) in [5.74, 6) is -0.146. The zero-order valence-corrected chi connectivity index (χ0v) is 10.2. The van der Waals surface area contributed by atoms with Gasteiger partial charge < -0.3 is 9.67 Å². The van der Waals surface area contributed by atoms with Crippen LogP contribution >= 0.6 is 11.8 Å². The summed E-state index contributed by atoms with van der Waals surface area (Å²) in [6.45, 7) is 1.85. The molecule has 1 heterocycles. The molecule has 88 valence electrons. The topological polar surface area (TPSA) is 68.0 Å². The molecule has 0 aliphatic carbocycles. The van der Waals surface area contributed by atoms with Gasteiger partial charge in [0.15, 0.2) is 5.16 Å². The van der Waals surface area contributed by atoms with Crippen molar-refractivity contribution in [3.05, 3.63) is 35.7 Å². The summed E-state index contributed by atoms with van der Waals surface area (Å²) < 4.78 is 1.82. The first kappa shape index (κ1) is 11.7. The fourth-order valence-electron chi connectivity index (χ4n) is 1.31. The molecule has 2 aromatic rings. The van der Waals surface area contributed by atoms with Gasteiger partial charge in [0.25, 0.3) is 0 Å². The Morgan fingerprint density at radius 1 is 1.35 bits per heavy atom. The highest BCUT2D eigenvalue weighted by Crippen LogP contribution is 2.28. The summed E-state index contributed by atoms with van der Waals surface area (Å²) in [5.41, 5.74) is 0.276. The van der Waals surface area contributed by atoms with Gasteiger partial charge in [0.1, 0.15) is 5.82 Å². The van der Waals surface area contributed by atoms with Crippen LogP contribution in [0.15, 0.2) is 34.3 Å². The highest BCUT2D eigenvalue weighted by molar-refractivity contribution is 7.99. The van der Waals surface area contributed by atoms with Gasteiger partial charge in [-0.1, -0.05) is 12.1 Å². The molecule has 0 atom stereocenters. The summed E-state index contributed by atoms with van der Waals surface area (Å²) in [6, 6.07) is 6.85. The summed E-state index contributed by atoms with van der Waals surface area (Å²) >= 11 is 1.30. The van der Waals surface area contributed by atoms with Gasteiger partial charge in [-0.2, -0.15) is 0 Å². The van der Waals surface area contributed by atoms with Crippen LogP contribution in [-0.4, -0.2) is 25.8 Å². The molecule has 1 aromatic heterocycles. The van der Waals surface area contributed by atoms with Gasteiger partial charge >= 0.3 is 5.97 Å². The van der Waals surface area contributed by atoms with E-state index in [1.54, 1.807) is 24.3 Å². The van der Waals surface area contributed by atoms with E-state index in [-0.39, 0.29) is 5.56 Å². The van der Waals surface area contributed by atoms with Gasteiger partial charge in [-0.15, -0.1) is 10.2 Å². The van der Waals surface area contributed by atoms with Gasteiger partial charge in [0.2, 0.25) is 0 Å². The standard InChI is InChI=1S/C11H11N3O2S/c1-7-12-13-11(14(7)2)17-9-6-4-3-5-8(9)10(15)16/h3-6H,1-2H3,(H,15,16).